The number of benzene rings is 2. The summed E-state index contributed by atoms with van der Waals surface area (Å²) in [5, 5.41) is 9.04. The van der Waals surface area contributed by atoms with Crippen molar-refractivity contribution in [2.75, 3.05) is 12.8 Å². The van der Waals surface area contributed by atoms with Crippen molar-refractivity contribution in [3.8, 4) is 11.8 Å². The molecule has 2 aromatic carbocycles. The topological polar surface area (TPSA) is 85.3 Å². The lowest BCUT2D eigenvalue weighted by atomic mass is 10.1. The summed E-state index contributed by atoms with van der Waals surface area (Å²) >= 11 is 0. The highest BCUT2D eigenvalue weighted by atomic mass is 16.5. The molecular formula is C16H14N2O3. The van der Waals surface area contributed by atoms with Gasteiger partial charge < -0.3 is 15.2 Å². The van der Waals surface area contributed by atoms with Crippen molar-refractivity contribution in [1.82, 2.24) is 0 Å². The zero-order valence-electron chi connectivity index (χ0n) is 11.5. The van der Waals surface area contributed by atoms with Crippen molar-refractivity contribution >= 4 is 11.7 Å². The van der Waals surface area contributed by atoms with E-state index in [1.807, 2.05) is 6.07 Å². The van der Waals surface area contributed by atoms with E-state index in [4.69, 9.17) is 20.5 Å². The molecule has 0 aromatic heterocycles. The molecule has 2 N–H and O–H groups in total. The Labute approximate surface area is 122 Å². The molecule has 0 saturated carbocycles. The largest absolute Gasteiger partial charge is 0.488 e. The zero-order chi connectivity index (χ0) is 15.2. The fourth-order valence-corrected chi connectivity index (χ4v) is 1.85. The van der Waals surface area contributed by atoms with Gasteiger partial charge in [0.25, 0.3) is 0 Å². The molecule has 0 spiro atoms. The molecule has 0 unspecified atom stereocenters. The van der Waals surface area contributed by atoms with E-state index >= 15 is 0 Å². The summed E-state index contributed by atoms with van der Waals surface area (Å²) in [5.74, 6) is -0.158. The number of nitrogens with two attached hydrogens (primary N) is 1. The third kappa shape index (κ3) is 3.31. The number of esters is 1. The number of hydrogen-bond acceptors (Lipinski definition) is 5. The standard InChI is InChI=1S/C16H14N2O3/c1-20-16(19)14-8-13(18)6-7-15(14)21-10-12-5-3-2-4-11(12)9-17/h2-8H,10,18H2,1H3. The van der Waals surface area contributed by atoms with Crippen LogP contribution >= 0.6 is 0 Å². The summed E-state index contributed by atoms with van der Waals surface area (Å²) in [4.78, 5) is 11.7. The SMILES string of the molecule is COC(=O)c1cc(N)ccc1OCc1ccccc1C#N. The van der Waals surface area contributed by atoms with Gasteiger partial charge in [-0.15, -0.1) is 0 Å². The first-order valence-electron chi connectivity index (χ1n) is 6.24. The Balaban J connectivity index is 2.24. The number of anilines is 1. The van der Waals surface area contributed by atoms with Gasteiger partial charge in [-0.2, -0.15) is 5.26 Å². The van der Waals surface area contributed by atoms with Crippen LogP contribution < -0.4 is 10.5 Å². The second-order valence-electron chi connectivity index (χ2n) is 4.30. The molecule has 0 fully saturated rings. The maximum absolute atomic E-state index is 11.7. The van der Waals surface area contributed by atoms with Crippen LogP contribution in [0.5, 0.6) is 5.75 Å². The van der Waals surface area contributed by atoms with Crippen LogP contribution in [0.3, 0.4) is 0 Å². The first-order chi connectivity index (χ1) is 10.2. The Kier molecular flexibility index (Phi) is 4.42. The second kappa shape index (κ2) is 6.44. The number of ether oxygens (including phenoxy) is 2. The summed E-state index contributed by atoms with van der Waals surface area (Å²) in [7, 11) is 1.29. The molecule has 5 nitrogen and oxygen atoms in total. The van der Waals surface area contributed by atoms with E-state index in [9.17, 15) is 4.79 Å². The Hall–Kier alpha value is -3.00. The average Bonchev–Trinajstić information content (AvgIpc) is 2.53. The van der Waals surface area contributed by atoms with Gasteiger partial charge in [-0.25, -0.2) is 4.79 Å². The number of rotatable bonds is 4. The van der Waals surface area contributed by atoms with Gasteiger partial charge >= 0.3 is 5.97 Å². The van der Waals surface area contributed by atoms with Crippen LogP contribution in [0.1, 0.15) is 21.5 Å². The van der Waals surface area contributed by atoms with Crippen LogP contribution in [0.2, 0.25) is 0 Å². The van der Waals surface area contributed by atoms with Gasteiger partial charge in [0.2, 0.25) is 0 Å². The van der Waals surface area contributed by atoms with Crippen molar-refractivity contribution in [2.24, 2.45) is 0 Å². The van der Waals surface area contributed by atoms with Crippen LogP contribution in [0.15, 0.2) is 42.5 Å². The van der Waals surface area contributed by atoms with Gasteiger partial charge in [0.1, 0.15) is 17.9 Å². The predicted octanol–water partition coefficient (Wildman–Crippen LogP) is 2.51. The molecule has 2 rings (SSSR count). The predicted molar refractivity (Wildman–Crippen MR) is 77.7 cm³/mol. The van der Waals surface area contributed by atoms with Gasteiger partial charge in [0, 0.05) is 11.3 Å². The average molecular weight is 282 g/mol. The van der Waals surface area contributed by atoms with E-state index in [1.54, 1.807) is 30.3 Å². The summed E-state index contributed by atoms with van der Waals surface area (Å²) in [6, 6.07) is 14.0. The van der Waals surface area contributed by atoms with Gasteiger partial charge in [0.05, 0.1) is 18.7 Å². The normalized spacial score (nSPS) is 9.71. The smallest absolute Gasteiger partial charge is 0.341 e. The fraction of sp³-hybridized carbons (Fsp3) is 0.125. The third-order valence-corrected chi connectivity index (χ3v) is 2.93. The number of hydrogen-bond donors (Lipinski definition) is 1. The first-order valence-corrected chi connectivity index (χ1v) is 6.24. The van der Waals surface area contributed by atoms with E-state index < -0.39 is 5.97 Å². The van der Waals surface area contributed by atoms with E-state index in [0.29, 0.717) is 17.0 Å². The van der Waals surface area contributed by atoms with Gasteiger partial charge in [-0.1, -0.05) is 18.2 Å². The lowest BCUT2D eigenvalue weighted by molar-refractivity contribution is 0.0595. The maximum atomic E-state index is 11.7. The van der Waals surface area contributed by atoms with Crippen molar-refractivity contribution in [2.45, 2.75) is 6.61 Å². The van der Waals surface area contributed by atoms with Crippen molar-refractivity contribution < 1.29 is 14.3 Å². The minimum atomic E-state index is -0.522. The Morgan fingerprint density at radius 2 is 2.05 bits per heavy atom. The fourth-order valence-electron chi connectivity index (χ4n) is 1.85. The zero-order valence-corrected chi connectivity index (χ0v) is 11.5. The van der Waals surface area contributed by atoms with Crippen molar-refractivity contribution in [3.05, 3.63) is 59.2 Å². The van der Waals surface area contributed by atoms with Crippen LogP contribution in [-0.2, 0) is 11.3 Å². The van der Waals surface area contributed by atoms with Crippen LogP contribution in [0.4, 0.5) is 5.69 Å². The van der Waals surface area contributed by atoms with Gasteiger partial charge in [-0.05, 0) is 24.3 Å². The Bertz CT molecular complexity index is 705. The molecule has 2 aromatic rings. The van der Waals surface area contributed by atoms with Gasteiger partial charge in [0.15, 0.2) is 0 Å². The highest BCUT2D eigenvalue weighted by Gasteiger charge is 2.14. The minimum absolute atomic E-state index is 0.178. The van der Waals surface area contributed by atoms with E-state index in [2.05, 4.69) is 6.07 Å². The monoisotopic (exact) mass is 282 g/mol. The number of nitrogen functional groups attached to an aromatic ring is 1. The molecule has 0 radical (unpaired) electrons. The van der Waals surface area contributed by atoms with Crippen molar-refractivity contribution in [3.63, 3.8) is 0 Å². The molecule has 21 heavy (non-hydrogen) atoms. The maximum Gasteiger partial charge on any atom is 0.341 e. The number of methoxy groups -OCH3 is 1. The number of carbonyl (C=O) groups is 1. The second-order valence-corrected chi connectivity index (χ2v) is 4.30. The van der Waals surface area contributed by atoms with Crippen LogP contribution in [0.25, 0.3) is 0 Å². The lowest BCUT2D eigenvalue weighted by Gasteiger charge is -2.11. The summed E-state index contributed by atoms with van der Waals surface area (Å²) < 4.78 is 10.3. The summed E-state index contributed by atoms with van der Waals surface area (Å²) in [5.41, 5.74) is 7.65. The summed E-state index contributed by atoms with van der Waals surface area (Å²) in [6.07, 6.45) is 0. The minimum Gasteiger partial charge on any atom is -0.488 e. The quantitative estimate of drug-likeness (QED) is 0.688. The van der Waals surface area contributed by atoms with E-state index in [0.717, 1.165) is 5.56 Å². The molecule has 0 aliphatic heterocycles. The van der Waals surface area contributed by atoms with Gasteiger partial charge in [-0.3, -0.25) is 0 Å². The number of carbonyl (C=O) groups excluding carboxylic acids is 1. The molecule has 0 heterocycles. The molecule has 0 aliphatic carbocycles. The molecule has 0 saturated heterocycles. The van der Waals surface area contributed by atoms with E-state index in [1.165, 1.54) is 13.2 Å². The molecule has 5 heteroatoms. The Morgan fingerprint density at radius 3 is 2.76 bits per heavy atom. The third-order valence-electron chi connectivity index (χ3n) is 2.93. The molecule has 0 bridgehead atoms. The van der Waals surface area contributed by atoms with Crippen LogP contribution in [-0.4, -0.2) is 13.1 Å². The highest BCUT2D eigenvalue weighted by Crippen LogP contribution is 2.23. The first kappa shape index (κ1) is 14.4. The van der Waals surface area contributed by atoms with E-state index in [-0.39, 0.29) is 12.2 Å². The molecule has 0 atom stereocenters. The molecule has 0 amide bonds. The lowest BCUT2D eigenvalue weighted by Crippen LogP contribution is -2.07. The Morgan fingerprint density at radius 1 is 1.29 bits per heavy atom. The molecular weight excluding hydrogens is 268 g/mol. The molecule has 0 aliphatic rings. The number of nitrogens with zero attached hydrogens (tertiary/aromatic N) is 1. The van der Waals surface area contributed by atoms with Crippen molar-refractivity contribution in [1.29, 1.82) is 5.26 Å². The van der Waals surface area contributed by atoms with Crippen LogP contribution in [0, 0.1) is 11.3 Å². The molecule has 106 valence electrons. The highest BCUT2D eigenvalue weighted by molar-refractivity contribution is 5.93. The summed E-state index contributed by atoms with van der Waals surface area (Å²) in [6.45, 7) is 0.178. The number of nitriles is 1.